The number of rotatable bonds is 12. The minimum Gasteiger partial charge on any atom is -0.496 e. The number of ketones is 1. The van der Waals surface area contributed by atoms with E-state index in [1.54, 1.807) is 51.1 Å². The third-order valence-corrected chi connectivity index (χ3v) is 6.09. The molecule has 3 rings (SSSR count). The number of esters is 1. The molecule has 11 heteroatoms. The number of hydrogen-bond acceptors (Lipinski definition) is 8. The smallest absolute Gasteiger partial charge is 0.344 e. The second-order valence-electron chi connectivity index (χ2n) is 9.14. The largest absolute Gasteiger partial charge is 0.496 e. The predicted molar refractivity (Wildman–Crippen MR) is 141 cm³/mol. The van der Waals surface area contributed by atoms with E-state index in [4.69, 9.17) is 9.47 Å². The van der Waals surface area contributed by atoms with Gasteiger partial charge in [0.1, 0.15) is 11.7 Å². The van der Waals surface area contributed by atoms with Crippen molar-refractivity contribution in [3.63, 3.8) is 0 Å². The van der Waals surface area contributed by atoms with E-state index >= 15 is 0 Å². The molecule has 2 unspecified atom stereocenters. The minimum atomic E-state index is -0.919. The highest BCUT2D eigenvalue weighted by Crippen LogP contribution is 2.36. The number of methoxy groups -OCH3 is 1. The number of carbonyl (C=O) groups is 3. The Labute approximate surface area is 221 Å². The van der Waals surface area contributed by atoms with Crippen LogP contribution in [0.4, 0.5) is 10.5 Å². The summed E-state index contributed by atoms with van der Waals surface area (Å²) in [5.41, 5.74) is 1.04. The summed E-state index contributed by atoms with van der Waals surface area (Å²) in [5.74, 6) is -1.12. The zero-order valence-electron chi connectivity index (χ0n) is 21.9. The van der Waals surface area contributed by atoms with Crippen LogP contribution in [0.3, 0.4) is 0 Å². The maximum Gasteiger partial charge on any atom is 0.344 e. The van der Waals surface area contributed by atoms with Crippen LogP contribution < -0.4 is 10.1 Å². The van der Waals surface area contributed by atoms with Crippen LogP contribution in [0.2, 0.25) is 0 Å². The Hall–Kier alpha value is -4.12. The van der Waals surface area contributed by atoms with Crippen LogP contribution in [0.1, 0.15) is 49.2 Å². The fraction of sp³-hybridized carbons (Fsp3) is 0.407. The molecular weight excluding hydrogens is 492 g/mol. The number of carbonyl (C=O) groups excluding carboxylic acids is 3. The molecule has 1 aliphatic rings. The molecule has 0 bridgehead atoms. The first kappa shape index (κ1) is 28.5. The number of Topliss-reactive ketones (excluding diaryl/α,β-unsaturated/α-hetero) is 1. The van der Waals surface area contributed by atoms with Gasteiger partial charge in [-0.05, 0) is 51.4 Å². The maximum atomic E-state index is 13.1. The molecule has 0 spiro atoms. The lowest BCUT2D eigenvalue weighted by Gasteiger charge is -2.38. The van der Waals surface area contributed by atoms with Gasteiger partial charge in [0.25, 0.3) is 5.69 Å². The van der Waals surface area contributed by atoms with E-state index < -0.39 is 35.0 Å². The molecule has 1 heterocycles. The number of benzene rings is 2. The van der Waals surface area contributed by atoms with E-state index in [0.717, 1.165) is 0 Å². The number of ether oxygens (including phenoxy) is 2. The van der Waals surface area contributed by atoms with Gasteiger partial charge >= 0.3 is 12.0 Å². The van der Waals surface area contributed by atoms with E-state index in [-0.39, 0.29) is 30.3 Å². The first-order chi connectivity index (χ1) is 18.1. The molecule has 2 amide bonds. The molecule has 0 radical (unpaired) electrons. The average Bonchev–Trinajstić information content (AvgIpc) is 2.88. The van der Waals surface area contributed by atoms with Crippen LogP contribution in [0.5, 0.6) is 5.75 Å². The molecule has 1 aliphatic heterocycles. The number of nitrogens with one attached hydrogen (secondary N) is 1. The number of urea groups is 1. The van der Waals surface area contributed by atoms with Gasteiger partial charge in [-0.1, -0.05) is 24.3 Å². The number of para-hydroxylation sites is 1. The van der Waals surface area contributed by atoms with Crippen molar-refractivity contribution >= 4 is 29.2 Å². The number of hydrogen-bond donors (Lipinski definition) is 1. The highest BCUT2D eigenvalue weighted by molar-refractivity contribution is 6.08. The van der Waals surface area contributed by atoms with Crippen molar-refractivity contribution < 1.29 is 28.8 Å². The summed E-state index contributed by atoms with van der Waals surface area (Å²) in [6, 6.07) is 11.5. The Kier molecular flexibility index (Phi) is 9.66. The van der Waals surface area contributed by atoms with Crippen molar-refractivity contribution in [2.24, 2.45) is 10.9 Å². The quantitative estimate of drug-likeness (QED) is 0.145. The first-order valence-electron chi connectivity index (χ1n) is 12.3. The normalized spacial score (nSPS) is 17.2. The van der Waals surface area contributed by atoms with E-state index in [1.165, 1.54) is 30.2 Å². The molecule has 1 N–H and O–H groups in total. The summed E-state index contributed by atoms with van der Waals surface area (Å²) >= 11 is 0. The Morgan fingerprint density at radius 3 is 2.61 bits per heavy atom. The fourth-order valence-electron chi connectivity index (χ4n) is 4.39. The lowest BCUT2D eigenvalue weighted by molar-refractivity contribution is -0.385. The summed E-state index contributed by atoms with van der Waals surface area (Å²) in [5, 5.41) is 14.5. The highest BCUT2D eigenvalue weighted by atomic mass is 16.6. The van der Waals surface area contributed by atoms with Crippen molar-refractivity contribution in [2.45, 2.75) is 39.3 Å². The molecule has 0 aromatic heterocycles. The summed E-state index contributed by atoms with van der Waals surface area (Å²) in [4.78, 5) is 55.0. The molecule has 2 aromatic carbocycles. The number of non-ortho nitro benzene ring substituents is 1. The zero-order chi connectivity index (χ0) is 27.8. The van der Waals surface area contributed by atoms with E-state index in [0.29, 0.717) is 29.8 Å². The van der Waals surface area contributed by atoms with Crippen molar-refractivity contribution in [3.8, 4) is 5.75 Å². The predicted octanol–water partition coefficient (Wildman–Crippen LogP) is 3.97. The second kappa shape index (κ2) is 12.9. The van der Waals surface area contributed by atoms with Crippen molar-refractivity contribution in [1.82, 2.24) is 10.2 Å². The third-order valence-electron chi connectivity index (χ3n) is 6.09. The monoisotopic (exact) mass is 524 g/mol. The molecular formula is C27H32N4O7. The van der Waals surface area contributed by atoms with Crippen molar-refractivity contribution in [2.75, 3.05) is 26.7 Å². The second-order valence-corrected chi connectivity index (χ2v) is 9.14. The van der Waals surface area contributed by atoms with Gasteiger partial charge < -0.3 is 19.7 Å². The number of aliphatic imine (C=N–C) groups is 1. The van der Waals surface area contributed by atoms with Gasteiger partial charge in [-0.3, -0.25) is 19.7 Å². The minimum absolute atomic E-state index is 0.0726. The molecule has 2 atom stereocenters. The van der Waals surface area contributed by atoms with Crippen LogP contribution in [0, 0.1) is 16.0 Å². The average molecular weight is 525 g/mol. The summed E-state index contributed by atoms with van der Waals surface area (Å²) < 4.78 is 10.7. The summed E-state index contributed by atoms with van der Waals surface area (Å²) in [6.07, 6.45) is 0.0498. The highest BCUT2D eigenvalue weighted by Gasteiger charge is 2.43. The molecule has 0 fully saturated rings. The molecule has 0 saturated carbocycles. The number of amides is 2. The number of nitro benzene ring substituents is 1. The Morgan fingerprint density at radius 2 is 1.92 bits per heavy atom. The summed E-state index contributed by atoms with van der Waals surface area (Å²) in [7, 11) is 1.50. The Bertz CT molecular complexity index is 1230. The van der Waals surface area contributed by atoms with Crippen LogP contribution in [0.15, 0.2) is 53.5 Å². The topological polar surface area (TPSA) is 140 Å². The number of nitro groups is 1. The summed E-state index contributed by atoms with van der Waals surface area (Å²) in [6.45, 7) is 5.69. The van der Waals surface area contributed by atoms with Gasteiger partial charge in [0.05, 0.1) is 36.3 Å². The van der Waals surface area contributed by atoms with E-state index in [1.807, 2.05) is 0 Å². The maximum absolute atomic E-state index is 13.1. The third kappa shape index (κ3) is 6.80. The number of nitrogens with zero attached hydrogens (tertiary/aromatic N) is 3. The lowest BCUT2D eigenvalue weighted by atomic mass is 9.86. The molecule has 11 nitrogen and oxygen atoms in total. The van der Waals surface area contributed by atoms with E-state index in [9.17, 15) is 24.5 Å². The Balaban J connectivity index is 1.77. The SMILES string of the molecule is COc1ccccc1C(=O)CNCCCN1C(=O)N=C(C)C(C(=O)OC(C)C)C1c1cccc([N+](=O)[O-])c1. The fourth-order valence-corrected chi connectivity index (χ4v) is 4.39. The van der Waals surface area contributed by atoms with Gasteiger partial charge in [0, 0.05) is 24.4 Å². The van der Waals surface area contributed by atoms with Crippen LogP contribution in [0.25, 0.3) is 0 Å². The standard InChI is InChI=1S/C27H32N4O7/c1-17(2)38-26(33)24-18(3)29-27(34)30(25(24)19-9-7-10-20(15-19)31(35)36)14-8-13-28-16-22(32)21-11-5-6-12-23(21)37-4/h5-7,9-12,15,17,24-25,28H,8,13-14,16H2,1-4H3. The van der Waals surface area contributed by atoms with Crippen molar-refractivity contribution in [3.05, 3.63) is 69.8 Å². The van der Waals surface area contributed by atoms with Crippen LogP contribution in [-0.2, 0) is 9.53 Å². The van der Waals surface area contributed by atoms with Gasteiger partial charge in [-0.25, -0.2) is 9.79 Å². The van der Waals surface area contributed by atoms with Crippen LogP contribution in [-0.4, -0.2) is 66.2 Å². The zero-order valence-corrected chi connectivity index (χ0v) is 21.9. The van der Waals surface area contributed by atoms with Gasteiger partial charge in [0.15, 0.2) is 5.78 Å². The molecule has 38 heavy (non-hydrogen) atoms. The lowest BCUT2D eigenvalue weighted by Crippen LogP contribution is -2.48. The molecule has 202 valence electrons. The van der Waals surface area contributed by atoms with Crippen molar-refractivity contribution in [1.29, 1.82) is 0 Å². The molecule has 2 aromatic rings. The van der Waals surface area contributed by atoms with Crippen LogP contribution >= 0.6 is 0 Å². The Morgan fingerprint density at radius 1 is 1.18 bits per heavy atom. The first-order valence-corrected chi connectivity index (χ1v) is 12.3. The van der Waals surface area contributed by atoms with Gasteiger partial charge in [-0.2, -0.15) is 0 Å². The van der Waals surface area contributed by atoms with E-state index in [2.05, 4.69) is 10.3 Å². The van der Waals surface area contributed by atoms with Gasteiger partial charge in [-0.15, -0.1) is 0 Å². The van der Waals surface area contributed by atoms with Gasteiger partial charge in [0.2, 0.25) is 0 Å². The molecule has 0 aliphatic carbocycles. The molecule has 0 saturated heterocycles.